The number of hydrogen-bond donors (Lipinski definition) is 1. The smallest absolute Gasteiger partial charge is 0.410 e. The van der Waals surface area contributed by atoms with Crippen molar-refractivity contribution in [3.05, 3.63) is 0 Å². The van der Waals surface area contributed by atoms with Crippen LogP contribution in [-0.4, -0.2) is 66.7 Å². The van der Waals surface area contributed by atoms with Gasteiger partial charge < -0.3 is 19.9 Å². The first-order chi connectivity index (χ1) is 12.3. The Balaban J connectivity index is 1.59. The molecule has 2 amide bonds. The quantitative estimate of drug-likeness (QED) is 0.811. The van der Waals surface area contributed by atoms with Crippen molar-refractivity contribution < 1.29 is 14.3 Å². The Morgan fingerprint density at radius 1 is 1.00 bits per heavy atom. The number of likely N-dealkylation sites (tertiary alicyclic amines) is 2. The van der Waals surface area contributed by atoms with Crippen molar-refractivity contribution in [2.75, 3.05) is 39.3 Å². The van der Waals surface area contributed by atoms with Crippen molar-refractivity contribution in [1.29, 1.82) is 0 Å². The molecular formula is C20H37N3O3. The Hall–Kier alpha value is -1.30. The molecule has 0 radical (unpaired) electrons. The van der Waals surface area contributed by atoms with Gasteiger partial charge in [-0.25, -0.2) is 4.79 Å². The first-order valence-electron chi connectivity index (χ1n) is 10.3. The number of amides is 2. The predicted octanol–water partition coefficient (Wildman–Crippen LogP) is 3.02. The van der Waals surface area contributed by atoms with E-state index in [2.05, 4.69) is 10.2 Å². The van der Waals surface area contributed by atoms with Crippen LogP contribution in [0.15, 0.2) is 0 Å². The number of rotatable bonds is 5. The summed E-state index contributed by atoms with van der Waals surface area (Å²) in [5.41, 5.74) is -0.457. The standard InChI is InChI=1S/C20H37N3O3/c1-20(2,3)26-19(25)23-13-8-17(9-14-23)16-18(24)21-10-15-22-11-6-4-5-7-12-22/h17H,4-16H2,1-3H3,(H,21,24). The molecular weight excluding hydrogens is 330 g/mol. The summed E-state index contributed by atoms with van der Waals surface area (Å²) in [6.45, 7) is 11.0. The van der Waals surface area contributed by atoms with E-state index >= 15 is 0 Å². The lowest BCUT2D eigenvalue weighted by Gasteiger charge is -2.33. The Morgan fingerprint density at radius 2 is 1.62 bits per heavy atom. The molecule has 0 saturated carbocycles. The zero-order chi connectivity index (χ0) is 19.0. The van der Waals surface area contributed by atoms with Crippen LogP contribution in [-0.2, 0) is 9.53 Å². The van der Waals surface area contributed by atoms with Gasteiger partial charge in [-0.2, -0.15) is 0 Å². The van der Waals surface area contributed by atoms with Gasteiger partial charge in [0, 0.05) is 32.6 Å². The summed E-state index contributed by atoms with van der Waals surface area (Å²) in [7, 11) is 0. The molecule has 2 fully saturated rings. The third-order valence-corrected chi connectivity index (χ3v) is 5.19. The van der Waals surface area contributed by atoms with E-state index in [1.54, 1.807) is 4.90 Å². The Labute approximate surface area is 158 Å². The minimum absolute atomic E-state index is 0.149. The van der Waals surface area contributed by atoms with Gasteiger partial charge in [-0.3, -0.25) is 4.79 Å². The van der Waals surface area contributed by atoms with Crippen molar-refractivity contribution in [1.82, 2.24) is 15.1 Å². The molecule has 26 heavy (non-hydrogen) atoms. The molecule has 2 rings (SSSR count). The van der Waals surface area contributed by atoms with Crippen LogP contribution in [0.2, 0.25) is 0 Å². The van der Waals surface area contributed by atoms with Gasteiger partial charge in [-0.1, -0.05) is 12.8 Å². The molecule has 2 saturated heterocycles. The molecule has 2 heterocycles. The van der Waals surface area contributed by atoms with E-state index < -0.39 is 5.60 Å². The fraction of sp³-hybridized carbons (Fsp3) is 0.900. The maximum absolute atomic E-state index is 12.2. The van der Waals surface area contributed by atoms with Crippen molar-refractivity contribution in [2.24, 2.45) is 5.92 Å². The topological polar surface area (TPSA) is 61.9 Å². The lowest BCUT2D eigenvalue weighted by atomic mass is 9.93. The van der Waals surface area contributed by atoms with E-state index in [0.717, 1.165) is 25.9 Å². The van der Waals surface area contributed by atoms with Gasteiger partial charge in [0.2, 0.25) is 5.91 Å². The average molecular weight is 368 g/mol. The fourth-order valence-corrected chi connectivity index (χ4v) is 3.69. The molecule has 0 aromatic heterocycles. The SMILES string of the molecule is CC(C)(C)OC(=O)N1CCC(CC(=O)NCCN2CCCCCC2)CC1. The molecule has 0 atom stereocenters. The Kier molecular flexibility index (Phi) is 8.19. The summed E-state index contributed by atoms with van der Waals surface area (Å²) in [4.78, 5) is 28.5. The second-order valence-electron chi connectivity index (χ2n) is 8.72. The van der Waals surface area contributed by atoms with Crippen molar-refractivity contribution in [2.45, 2.75) is 71.3 Å². The second-order valence-corrected chi connectivity index (χ2v) is 8.72. The molecule has 0 aromatic carbocycles. The van der Waals surface area contributed by atoms with Gasteiger partial charge >= 0.3 is 6.09 Å². The molecule has 2 aliphatic heterocycles. The highest BCUT2D eigenvalue weighted by atomic mass is 16.6. The van der Waals surface area contributed by atoms with Crippen LogP contribution in [0.3, 0.4) is 0 Å². The highest BCUT2D eigenvalue weighted by Crippen LogP contribution is 2.22. The first-order valence-corrected chi connectivity index (χ1v) is 10.3. The third kappa shape index (κ3) is 7.94. The molecule has 6 heteroatoms. The predicted molar refractivity (Wildman–Crippen MR) is 103 cm³/mol. The molecule has 0 aliphatic carbocycles. The lowest BCUT2D eigenvalue weighted by Crippen LogP contribution is -2.42. The summed E-state index contributed by atoms with van der Waals surface area (Å²) < 4.78 is 5.42. The molecule has 150 valence electrons. The normalized spacial score (nSPS) is 20.5. The van der Waals surface area contributed by atoms with Crippen LogP contribution in [0, 0.1) is 5.92 Å². The van der Waals surface area contributed by atoms with E-state index in [4.69, 9.17) is 4.74 Å². The number of piperidine rings is 1. The number of carbonyl (C=O) groups is 2. The molecule has 6 nitrogen and oxygen atoms in total. The minimum atomic E-state index is -0.457. The van der Waals surface area contributed by atoms with Gasteiger partial charge in [0.15, 0.2) is 0 Å². The summed E-state index contributed by atoms with van der Waals surface area (Å²) in [6, 6.07) is 0. The number of ether oxygens (including phenoxy) is 1. The first kappa shape index (κ1) is 21.0. The molecule has 2 aliphatic rings. The number of carbonyl (C=O) groups excluding carboxylic acids is 2. The minimum Gasteiger partial charge on any atom is -0.444 e. The lowest BCUT2D eigenvalue weighted by molar-refractivity contribution is -0.122. The molecule has 0 unspecified atom stereocenters. The van der Waals surface area contributed by atoms with Gasteiger partial charge in [0.25, 0.3) is 0 Å². The Bertz CT molecular complexity index is 446. The van der Waals surface area contributed by atoms with Gasteiger partial charge in [0.1, 0.15) is 5.60 Å². The van der Waals surface area contributed by atoms with E-state index in [9.17, 15) is 9.59 Å². The van der Waals surface area contributed by atoms with E-state index in [0.29, 0.717) is 25.4 Å². The van der Waals surface area contributed by atoms with Crippen LogP contribution in [0.5, 0.6) is 0 Å². The highest BCUT2D eigenvalue weighted by Gasteiger charge is 2.27. The maximum Gasteiger partial charge on any atom is 0.410 e. The number of nitrogens with zero attached hydrogens (tertiary/aromatic N) is 2. The molecule has 0 aromatic rings. The Morgan fingerprint density at radius 3 is 2.19 bits per heavy atom. The van der Waals surface area contributed by atoms with E-state index in [1.165, 1.54) is 38.8 Å². The second kappa shape index (κ2) is 10.1. The summed E-state index contributed by atoms with van der Waals surface area (Å²) in [6.07, 6.45) is 7.32. The van der Waals surface area contributed by atoms with E-state index in [-0.39, 0.29) is 12.0 Å². The van der Waals surface area contributed by atoms with Gasteiger partial charge in [0.05, 0.1) is 0 Å². The van der Waals surface area contributed by atoms with Crippen molar-refractivity contribution >= 4 is 12.0 Å². The number of nitrogens with one attached hydrogen (secondary N) is 1. The van der Waals surface area contributed by atoms with Crippen LogP contribution in [0.1, 0.15) is 65.7 Å². The summed E-state index contributed by atoms with van der Waals surface area (Å²) >= 11 is 0. The monoisotopic (exact) mass is 367 g/mol. The molecule has 0 bridgehead atoms. The van der Waals surface area contributed by atoms with Crippen molar-refractivity contribution in [3.63, 3.8) is 0 Å². The van der Waals surface area contributed by atoms with Crippen LogP contribution in [0.4, 0.5) is 4.79 Å². The molecule has 1 N–H and O–H groups in total. The highest BCUT2D eigenvalue weighted by molar-refractivity contribution is 5.76. The third-order valence-electron chi connectivity index (χ3n) is 5.19. The van der Waals surface area contributed by atoms with Gasteiger partial charge in [-0.15, -0.1) is 0 Å². The average Bonchev–Trinajstić information content (AvgIpc) is 2.83. The van der Waals surface area contributed by atoms with Gasteiger partial charge in [-0.05, 0) is 65.5 Å². The zero-order valence-electron chi connectivity index (χ0n) is 16.9. The molecule has 0 spiro atoms. The number of hydrogen-bond acceptors (Lipinski definition) is 4. The summed E-state index contributed by atoms with van der Waals surface area (Å²) in [5.74, 6) is 0.516. The summed E-state index contributed by atoms with van der Waals surface area (Å²) in [5, 5.41) is 3.08. The fourth-order valence-electron chi connectivity index (χ4n) is 3.69. The zero-order valence-corrected chi connectivity index (χ0v) is 16.9. The largest absolute Gasteiger partial charge is 0.444 e. The maximum atomic E-state index is 12.2. The van der Waals surface area contributed by atoms with Crippen LogP contribution in [0.25, 0.3) is 0 Å². The van der Waals surface area contributed by atoms with Crippen LogP contribution >= 0.6 is 0 Å². The van der Waals surface area contributed by atoms with Crippen molar-refractivity contribution in [3.8, 4) is 0 Å². The van der Waals surface area contributed by atoms with E-state index in [1.807, 2.05) is 20.8 Å². The van der Waals surface area contributed by atoms with Crippen LogP contribution < -0.4 is 5.32 Å².